The number of hydrogen-bond acceptors (Lipinski definition) is 9. The largest absolute Gasteiger partial charge is 0.327 e. The molecule has 0 fully saturated rings. The van der Waals surface area contributed by atoms with Crippen molar-refractivity contribution in [3.05, 3.63) is 40.9 Å². The van der Waals surface area contributed by atoms with Crippen molar-refractivity contribution in [3.63, 3.8) is 0 Å². The van der Waals surface area contributed by atoms with E-state index in [0.29, 0.717) is 29.5 Å². The minimum absolute atomic E-state index is 0.0767. The molecule has 2 unspecified atom stereocenters. The Kier molecular flexibility index (Phi) is 10.6. The van der Waals surface area contributed by atoms with Crippen molar-refractivity contribution in [2.45, 2.75) is 32.2 Å². The van der Waals surface area contributed by atoms with Crippen LogP contribution in [0.1, 0.15) is 23.9 Å². The fraction of sp³-hybridized carbons (Fsp3) is 0.526. The average Bonchev–Trinajstić information content (AvgIpc) is 3.16. The third kappa shape index (κ3) is 9.78. The highest BCUT2D eigenvalue weighted by Gasteiger charge is 2.21. The molecule has 0 radical (unpaired) electrons. The van der Waals surface area contributed by atoms with Crippen LogP contribution >= 0.6 is 32.9 Å². The smallest absolute Gasteiger partial charge is 0.230 e. The molecular formula is C19H28N4O3S4. The minimum Gasteiger partial charge on any atom is -0.327 e. The number of sulfone groups is 1. The lowest BCUT2D eigenvalue weighted by Gasteiger charge is -2.16. The zero-order valence-electron chi connectivity index (χ0n) is 17.1. The van der Waals surface area contributed by atoms with Crippen molar-refractivity contribution in [1.29, 1.82) is 0 Å². The number of nitrogens with one attached hydrogen (secondary N) is 1. The van der Waals surface area contributed by atoms with Gasteiger partial charge in [-0.1, -0.05) is 70.2 Å². The Morgan fingerprint density at radius 2 is 1.90 bits per heavy atom. The molecule has 2 aromatic rings. The molecule has 0 bridgehead atoms. The van der Waals surface area contributed by atoms with E-state index in [1.165, 1.54) is 17.6 Å². The van der Waals surface area contributed by atoms with Gasteiger partial charge in [-0.3, -0.25) is 4.79 Å². The number of aromatic nitrogens is 2. The lowest BCUT2D eigenvalue weighted by molar-refractivity contribution is -0.119. The molecule has 7 nitrogen and oxygen atoms in total. The van der Waals surface area contributed by atoms with E-state index < -0.39 is 9.84 Å². The van der Waals surface area contributed by atoms with Gasteiger partial charge in [0.25, 0.3) is 0 Å². The molecule has 3 N–H and O–H groups in total. The fourth-order valence-electron chi connectivity index (χ4n) is 2.49. The molecule has 0 saturated carbocycles. The van der Waals surface area contributed by atoms with Crippen molar-refractivity contribution in [2.24, 2.45) is 11.7 Å². The molecule has 1 amide bonds. The summed E-state index contributed by atoms with van der Waals surface area (Å²) in [7, 11) is 0.160. The van der Waals surface area contributed by atoms with Crippen molar-refractivity contribution >= 4 is 53.8 Å². The standard InChI is InChI=1S/C19H28N4O3S4/c1-3-17-22-23-19(29-17)21-18(24)15(11-14-7-5-4-6-8-14)12-27-28-13-16(20)9-10-30(2,25)26/h4-8,15-16H,3,9-13,20H2,1-2H3,(H,21,23,24). The van der Waals surface area contributed by atoms with E-state index >= 15 is 0 Å². The maximum Gasteiger partial charge on any atom is 0.230 e. The summed E-state index contributed by atoms with van der Waals surface area (Å²) in [6.45, 7) is 2.00. The van der Waals surface area contributed by atoms with Gasteiger partial charge in [0.2, 0.25) is 11.0 Å². The lowest BCUT2D eigenvalue weighted by atomic mass is 10.0. The number of carbonyl (C=O) groups is 1. The van der Waals surface area contributed by atoms with Crippen LogP contribution in [0, 0.1) is 5.92 Å². The number of benzene rings is 1. The van der Waals surface area contributed by atoms with Crippen molar-refractivity contribution < 1.29 is 13.2 Å². The average molecular weight is 489 g/mol. The summed E-state index contributed by atoms with van der Waals surface area (Å²) in [4.78, 5) is 12.9. The molecule has 2 rings (SSSR count). The first-order chi connectivity index (χ1) is 14.3. The molecule has 1 heterocycles. The van der Waals surface area contributed by atoms with Crippen LogP contribution in [-0.4, -0.2) is 54.1 Å². The quantitative estimate of drug-likeness (QED) is 0.327. The molecule has 0 saturated heterocycles. The van der Waals surface area contributed by atoms with Crippen LogP contribution in [0.4, 0.5) is 5.13 Å². The van der Waals surface area contributed by atoms with E-state index in [4.69, 9.17) is 5.73 Å². The highest BCUT2D eigenvalue weighted by Crippen LogP contribution is 2.27. The van der Waals surface area contributed by atoms with Crippen molar-refractivity contribution in [2.75, 3.05) is 28.8 Å². The Morgan fingerprint density at radius 1 is 1.20 bits per heavy atom. The minimum atomic E-state index is -3.00. The van der Waals surface area contributed by atoms with Gasteiger partial charge in [0.05, 0.1) is 11.7 Å². The number of rotatable bonds is 13. The summed E-state index contributed by atoms with van der Waals surface area (Å²) in [5.41, 5.74) is 7.10. The maximum absolute atomic E-state index is 12.9. The summed E-state index contributed by atoms with van der Waals surface area (Å²) in [6.07, 6.45) is 3.07. The predicted molar refractivity (Wildman–Crippen MR) is 129 cm³/mol. The van der Waals surface area contributed by atoms with E-state index in [2.05, 4.69) is 15.5 Å². The van der Waals surface area contributed by atoms with E-state index in [-0.39, 0.29) is 23.6 Å². The van der Waals surface area contributed by atoms with Crippen LogP contribution in [0.5, 0.6) is 0 Å². The van der Waals surface area contributed by atoms with Gasteiger partial charge >= 0.3 is 0 Å². The molecule has 0 aliphatic carbocycles. The first-order valence-electron chi connectivity index (χ1n) is 9.61. The van der Waals surface area contributed by atoms with Gasteiger partial charge in [-0.15, -0.1) is 10.2 Å². The van der Waals surface area contributed by atoms with Gasteiger partial charge in [-0.25, -0.2) is 8.42 Å². The molecule has 1 aromatic heterocycles. The number of nitrogens with two attached hydrogens (primary N) is 1. The molecule has 1 aromatic carbocycles. The van der Waals surface area contributed by atoms with E-state index in [1.54, 1.807) is 21.6 Å². The fourth-order valence-corrected chi connectivity index (χ4v) is 6.47. The summed E-state index contributed by atoms with van der Waals surface area (Å²) in [5.74, 6) is 1.04. The Morgan fingerprint density at radius 3 is 2.53 bits per heavy atom. The van der Waals surface area contributed by atoms with Crippen LogP contribution < -0.4 is 11.1 Å². The summed E-state index contributed by atoms with van der Waals surface area (Å²) in [6, 6.07) is 9.72. The van der Waals surface area contributed by atoms with Crippen molar-refractivity contribution in [1.82, 2.24) is 10.2 Å². The first kappa shape index (κ1) is 25.1. The second kappa shape index (κ2) is 12.7. The van der Waals surface area contributed by atoms with Gasteiger partial charge in [0.15, 0.2) is 0 Å². The Balaban J connectivity index is 1.88. The van der Waals surface area contributed by atoms with E-state index in [1.807, 2.05) is 37.3 Å². The highest BCUT2D eigenvalue weighted by molar-refractivity contribution is 8.76. The molecule has 2 atom stereocenters. The molecule has 11 heteroatoms. The van der Waals surface area contributed by atoms with Gasteiger partial charge in [0.1, 0.15) is 14.8 Å². The summed E-state index contributed by atoms with van der Waals surface area (Å²) >= 11 is 1.39. The second-order valence-corrected chi connectivity index (χ2v) is 12.9. The molecule has 0 aliphatic heterocycles. The van der Waals surface area contributed by atoms with E-state index in [0.717, 1.165) is 17.0 Å². The molecular weight excluding hydrogens is 461 g/mol. The summed E-state index contributed by atoms with van der Waals surface area (Å²) < 4.78 is 22.5. The number of hydrogen-bond donors (Lipinski definition) is 2. The summed E-state index contributed by atoms with van der Waals surface area (Å²) in [5, 5.41) is 12.4. The first-order valence-corrected chi connectivity index (χ1v) is 15.0. The third-order valence-corrected chi connectivity index (χ3v) is 8.74. The van der Waals surface area contributed by atoms with Gasteiger partial charge in [-0.2, -0.15) is 0 Å². The van der Waals surface area contributed by atoms with Crippen LogP contribution in [0.25, 0.3) is 0 Å². The number of aryl methyl sites for hydroxylation is 1. The third-order valence-electron chi connectivity index (χ3n) is 4.19. The van der Waals surface area contributed by atoms with Gasteiger partial charge < -0.3 is 11.1 Å². The van der Waals surface area contributed by atoms with Gasteiger partial charge in [0, 0.05) is 23.8 Å². The Hall–Kier alpha value is -1.14. The lowest BCUT2D eigenvalue weighted by Crippen LogP contribution is -2.27. The maximum atomic E-state index is 12.9. The highest BCUT2D eigenvalue weighted by atomic mass is 33.1. The normalized spacial score (nSPS) is 13.7. The zero-order valence-corrected chi connectivity index (χ0v) is 20.4. The predicted octanol–water partition coefficient (Wildman–Crippen LogP) is 3.04. The van der Waals surface area contributed by atoms with Crippen LogP contribution in [0.2, 0.25) is 0 Å². The number of nitrogens with zero attached hydrogens (tertiary/aromatic N) is 2. The van der Waals surface area contributed by atoms with Crippen LogP contribution in [0.3, 0.4) is 0 Å². The number of amides is 1. The Labute approximate surface area is 190 Å². The topological polar surface area (TPSA) is 115 Å². The second-order valence-electron chi connectivity index (χ2n) is 6.98. The Bertz CT molecular complexity index is 890. The van der Waals surface area contributed by atoms with E-state index in [9.17, 15) is 13.2 Å². The number of anilines is 1. The SMILES string of the molecule is CCc1nnc(NC(=O)C(CSSCC(N)CCS(C)(=O)=O)Cc2ccccc2)s1. The zero-order chi connectivity index (χ0) is 22.0. The van der Waals surface area contributed by atoms with Crippen molar-refractivity contribution in [3.8, 4) is 0 Å². The molecule has 30 heavy (non-hydrogen) atoms. The monoisotopic (exact) mass is 488 g/mol. The van der Waals surface area contributed by atoms with Crippen LogP contribution in [0.15, 0.2) is 30.3 Å². The molecule has 0 spiro atoms. The number of carbonyl (C=O) groups excluding carboxylic acids is 1. The van der Waals surface area contributed by atoms with Gasteiger partial charge in [-0.05, 0) is 24.8 Å². The molecule has 166 valence electrons. The van der Waals surface area contributed by atoms with Crippen LogP contribution in [-0.2, 0) is 27.5 Å². The molecule has 0 aliphatic rings.